The van der Waals surface area contributed by atoms with Crippen molar-refractivity contribution in [3.05, 3.63) is 29.8 Å². The molecule has 1 saturated heterocycles. The van der Waals surface area contributed by atoms with Gasteiger partial charge in [0.2, 0.25) is 0 Å². The normalized spacial score (nSPS) is 14.7. The fraction of sp³-hybridized carbons (Fsp3) is 0.579. The van der Waals surface area contributed by atoms with E-state index < -0.39 is 0 Å². The lowest BCUT2D eigenvalue weighted by Crippen LogP contribution is -2.41. The van der Waals surface area contributed by atoms with Crippen molar-refractivity contribution in [1.29, 1.82) is 0 Å². The Morgan fingerprint density at radius 2 is 1.84 bits per heavy atom. The van der Waals surface area contributed by atoms with Crippen LogP contribution in [0.3, 0.4) is 0 Å². The van der Waals surface area contributed by atoms with Crippen molar-refractivity contribution in [2.75, 3.05) is 33.3 Å². The Labute approximate surface area is 156 Å². The van der Waals surface area contributed by atoms with E-state index in [-0.39, 0.29) is 30.7 Å². The zero-order valence-corrected chi connectivity index (χ0v) is 15.9. The second kappa shape index (κ2) is 11.1. The first kappa shape index (κ1) is 21.5. The quantitative estimate of drug-likeness (QED) is 0.717. The number of ether oxygens (including phenoxy) is 1. The van der Waals surface area contributed by atoms with Gasteiger partial charge in [-0.1, -0.05) is 6.92 Å². The molecule has 0 aromatic heterocycles. The van der Waals surface area contributed by atoms with Crippen molar-refractivity contribution in [3.63, 3.8) is 0 Å². The molecule has 5 nitrogen and oxygen atoms in total. The Hall–Kier alpha value is -1.59. The number of nitrogens with zero attached hydrogens (tertiary/aromatic N) is 1. The molecule has 140 valence electrons. The Bertz CT molecular complexity index is 540. The molecule has 0 atom stereocenters. The van der Waals surface area contributed by atoms with Crippen molar-refractivity contribution >= 4 is 24.1 Å². The minimum Gasteiger partial charge on any atom is -0.484 e. The lowest BCUT2D eigenvalue weighted by molar-refractivity contribution is -0.134. The molecule has 25 heavy (non-hydrogen) atoms. The third kappa shape index (κ3) is 6.67. The van der Waals surface area contributed by atoms with Gasteiger partial charge in [-0.25, -0.2) is 0 Å². The summed E-state index contributed by atoms with van der Waals surface area (Å²) in [6.45, 7) is 4.58. The molecule has 0 spiro atoms. The highest BCUT2D eigenvalue weighted by atomic mass is 35.5. The summed E-state index contributed by atoms with van der Waals surface area (Å²) in [7, 11) is 1.97. The van der Waals surface area contributed by atoms with E-state index >= 15 is 0 Å². The molecule has 1 aliphatic rings. The van der Waals surface area contributed by atoms with E-state index in [0.29, 0.717) is 23.7 Å². The van der Waals surface area contributed by atoms with Crippen LogP contribution in [0.1, 0.15) is 43.0 Å². The van der Waals surface area contributed by atoms with E-state index in [1.54, 1.807) is 24.3 Å². The van der Waals surface area contributed by atoms with Gasteiger partial charge in [-0.15, -0.1) is 12.4 Å². The zero-order valence-electron chi connectivity index (χ0n) is 15.1. The highest BCUT2D eigenvalue weighted by Gasteiger charge is 2.22. The molecule has 0 saturated carbocycles. The Kier molecular flexibility index (Phi) is 9.53. The van der Waals surface area contributed by atoms with Gasteiger partial charge in [-0.2, -0.15) is 0 Å². The first-order valence-electron chi connectivity index (χ1n) is 8.82. The van der Waals surface area contributed by atoms with Gasteiger partial charge >= 0.3 is 0 Å². The van der Waals surface area contributed by atoms with Crippen LogP contribution in [0.5, 0.6) is 5.75 Å². The molecule has 1 fully saturated rings. The third-order valence-corrected chi connectivity index (χ3v) is 4.63. The van der Waals surface area contributed by atoms with Gasteiger partial charge < -0.3 is 15.0 Å². The summed E-state index contributed by atoms with van der Waals surface area (Å²) < 4.78 is 5.57. The Morgan fingerprint density at radius 1 is 1.20 bits per heavy atom. The molecule has 0 aliphatic carbocycles. The lowest BCUT2D eigenvalue weighted by Gasteiger charge is -2.32. The topological polar surface area (TPSA) is 58.6 Å². The maximum absolute atomic E-state index is 12.2. The monoisotopic (exact) mass is 368 g/mol. The van der Waals surface area contributed by atoms with Crippen LogP contribution in [0.25, 0.3) is 0 Å². The second-order valence-electron chi connectivity index (χ2n) is 6.31. The number of ketones is 1. The number of carbonyl (C=O) groups is 2. The molecule has 1 amide bonds. The van der Waals surface area contributed by atoms with Gasteiger partial charge in [0.25, 0.3) is 5.91 Å². The average Bonchev–Trinajstić information content (AvgIpc) is 2.64. The van der Waals surface area contributed by atoms with Gasteiger partial charge in [0.15, 0.2) is 12.4 Å². The number of nitrogens with one attached hydrogen (secondary N) is 1. The molecular formula is C19H29ClN2O3. The molecule has 1 N–H and O–H groups in total. The number of likely N-dealkylation sites (tertiary alicyclic amines) is 1. The van der Waals surface area contributed by atoms with Crippen molar-refractivity contribution in [3.8, 4) is 5.75 Å². The molecule has 2 rings (SSSR count). The minimum absolute atomic E-state index is 0. The summed E-state index contributed by atoms with van der Waals surface area (Å²) in [6, 6.07) is 7.00. The van der Waals surface area contributed by atoms with Crippen molar-refractivity contribution < 1.29 is 14.3 Å². The molecule has 1 heterocycles. The highest BCUT2D eigenvalue weighted by molar-refractivity contribution is 5.95. The molecule has 1 aromatic rings. The summed E-state index contributed by atoms with van der Waals surface area (Å²) in [6.07, 6.45) is 3.81. The van der Waals surface area contributed by atoms with E-state index in [1.165, 1.54) is 6.42 Å². The third-order valence-electron chi connectivity index (χ3n) is 4.63. The molecule has 6 heteroatoms. The average molecular weight is 369 g/mol. The summed E-state index contributed by atoms with van der Waals surface area (Å²) in [5.41, 5.74) is 0.680. The molecule has 1 aromatic carbocycles. The maximum atomic E-state index is 12.2. The van der Waals surface area contributed by atoms with Crippen LogP contribution in [0, 0.1) is 5.92 Å². The number of hydrogen-bond donors (Lipinski definition) is 1. The van der Waals surface area contributed by atoms with E-state index in [2.05, 4.69) is 5.32 Å². The maximum Gasteiger partial charge on any atom is 0.260 e. The smallest absolute Gasteiger partial charge is 0.260 e. The van der Waals surface area contributed by atoms with Gasteiger partial charge in [-0.05, 0) is 63.0 Å². The summed E-state index contributed by atoms with van der Waals surface area (Å²) in [5, 5.41) is 3.18. The predicted molar refractivity (Wildman–Crippen MR) is 102 cm³/mol. The number of carbonyl (C=O) groups excluding carboxylic acids is 2. The standard InChI is InChI=1S/C19H28N2O3.ClH/c1-3-18(22)16-4-6-17(7-5-16)24-14-19(23)21-12-9-15(10-13-21)8-11-20-2;/h4-7,15,20H,3,8-14H2,1-2H3;1H. The van der Waals surface area contributed by atoms with Crippen LogP contribution in [0.4, 0.5) is 0 Å². The SMILES string of the molecule is CCC(=O)c1ccc(OCC(=O)N2CCC(CCNC)CC2)cc1.Cl. The van der Waals surface area contributed by atoms with E-state index in [4.69, 9.17) is 4.74 Å². The molecular weight excluding hydrogens is 340 g/mol. The summed E-state index contributed by atoms with van der Waals surface area (Å²) in [5.74, 6) is 1.49. The lowest BCUT2D eigenvalue weighted by atomic mass is 9.93. The Balaban J connectivity index is 0.00000312. The molecule has 0 radical (unpaired) electrons. The molecule has 0 unspecified atom stereocenters. The number of rotatable bonds is 8. The second-order valence-corrected chi connectivity index (χ2v) is 6.31. The number of piperidine rings is 1. The minimum atomic E-state index is 0. The largest absolute Gasteiger partial charge is 0.484 e. The summed E-state index contributed by atoms with van der Waals surface area (Å²) >= 11 is 0. The predicted octanol–water partition coefficient (Wildman–Crippen LogP) is 2.93. The van der Waals surface area contributed by atoms with E-state index in [1.807, 2.05) is 18.9 Å². The van der Waals surface area contributed by atoms with Gasteiger partial charge in [-0.3, -0.25) is 9.59 Å². The van der Waals surface area contributed by atoms with Crippen LogP contribution in [-0.4, -0.2) is 49.9 Å². The van der Waals surface area contributed by atoms with Crippen LogP contribution in [0.2, 0.25) is 0 Å². The van der Waals surface area contributed by atoms with E-state index in [9.17, 15) is 9.59 Å². The van der Waals surface area contributed by atoms with Gasteiger partial charge in [0, 0.05) is 25.1 Å². The molecule has 0 bridgehead atoms. The van der Waals surface area contributed by atoms with Crippen molar-refractivity contribution in [2.45, 2.75) is 32.6 Å². The van der Waals surface area contributed by atoms with Gasteiger partial charge in [0.1, 0.15) is 5.75 Å². The van der Waals surface area contributed by atoms with Crippen LogP contribution < -0.4 is 10.1 Å². The Morgan fingerprint density at radius 3 is 2.40 bits per heavy atom. The first-order valence-corrected chi connectivity index (χ1v) is 8.82. The molecule has 1 aliphatic heterocycles. The fourth-order valence-corrected chi connectivity index (χ4v) is 3.00. The zero-order chi connectivity index (χ0) is 17.4. The van der Waals surface area contributed by atoms with Crippen LogP contribution in [-0.2, 0) is 4.79 Å². The number of halogens is 1. The van der Waals surface area contributed by atoms with Crippen molar-refractivity contribution in [1.82, 2.24) is 10.2 Å². The van der Waals surface area contributed by atoms with E-state index in [0.717, 1.165) is 32.5 Å². The highest BCUT2D eigenvalue weighted by Crippen LogP contribution is 2.20. The number of hydrogen-bond acceptors (Lipinski definition) is 4. The number of amides is 1. The summed E-state index contributed by atoms with van der Waals surface area (Å²) in [4.78, 5) is 25.7. The van der Waals surface area contributed by atoms with Crippen molar-refractivity contribution in [2.24, 2.45) is 5.92 Å². The van der Waals surface area contributed by atoms with Gasteiger partial charge in [0.05, 0.1) is 0 Å². The number of benzene rings is 1. The van der Waals surface area contributed by atoms with Crippen LogP contribution >= 0.6 is 12.4 Å². The number of Topliss-reactive ketones (excluding diaryl/α,β-unsaturated/α-hetero) is 1. The fourth-order valence-electron chi connectivity index (χ4n) is 3.00. The first-order chi connectivity index (χ1) is 11.6. The van der Waals surface area contributed by atoms with Crippen LogP contribution in [0.15, 0.2) is 24.3 Å².